The quantitative estimate of drug-likeness (QED) is 0.623. The highest BCUT2D eigenvalue weighted by atomic mass is 79.9. The Bertz CT molecular complexity index is 796. The molecule has 27 heavy (non-hydrogen) atoms. The molecule has 146 valence electrons. The molecule has 0 aromatic heterocycles. The number of hydrogen-bond donors (Lipinski definition) is 0. The van der Waals surface area contributed by atoms with Gasteiger partial charge in [-0.25, -0.2) is 0 Å². The summed E-state index contributed by atoms with van der Waals surface area (Å²) in [5.41, 5.74) is 2.34. The number of ether oxygens (including phenoxy) is 4. The van der Waals surface area contributed by atoms with Crippen LogP contribution in [0, 0.1) is 0 Å². The van der Waals surface area contributed by atoms with E-state index in [9.17, 15) is 0 Å². The molecule has 0 aliphatic carbocycles. The molecule has 1 fully saturated rings. The van der Waals surface area contributed by atoms with Crippen LogP contribution in [0.2, 0.25) is 0 Å². The van der Waals surface area contributed by atoms with E-state index in [0.717, 1.165) is 53.4 Å². The fourth-order valence-corrected chi connectivity index (χ4v) is 4.15. The SMILES string of the molecule is COc1ccc(OC)c(C2CCCN2Cc2cc(OC)c(OC)cc2Br)c1. The molecule has 5 nitrogen and oxygen atoms in total. The number of rotatable bonds is 7. The summed E-state index contributed by atoms with van der Waals surface area (Å²) < 4.78 is 22.9. The van der Waals surface area contributed by atoms with Crippen molar-refractivity contribution in [3.05, 3.63) is 45.9 Å². The molecule has 1 heterocycles. The van der Waals surface area contributed by atoms with Gasteiger partial charge in [0.1, 0.15) is 11.5 Å². The number of likely N-dealkylation sites (tertiary alicyclic amines) is 1. The van der Waals surface area contributed by atoms with Crippen molar-refractivity contribution in [2.24, 2.45) is 0 Å². The van der Waals surface area contributed by atoms with Gasteiger partial charge >= 0.3 is 0 Å². The maximum Gasteiger partial charge on any atom is 0.161 e. The highest BCUT2D eigenvalue weighted by Crippen LogP contribution is 2.41. The Balaban J connectivity index is 1.90. The highest BCUT2D eigenvalue weighted by Gasteiger charge is 2.29. The van der Waals surface area contributed by atoms with Crippen LogP contribution in [0.4, 0.5) is 0 Å². The van der Waals surface area contributed by atoms with Crippen LogP contribution in [0.5, 0.6) is 23.0 Å². The maximum absolute atomic E-state index is 5.62. The van der Waals surface area contributed by atoms with Gasteiger partial charge in [-0.05, 0) is 55.3 Å². The van der Waals surface area contributed by atoms with Gasteiger partial charge in [-0.1, -0.05) is 15.9 Å². The first-order chi connectivity index (χ1) is 13.1. The van der Waals surface area contributed by atoms with E-state index in [0.29, 0.717) is 0 Å². The van der Waals surface area contributed by atoms with Crippen LogP contribution in [-0.2, 0) is 6.54 Å². The molecule has 0 amide bonds. The van der Waals surface area contributed by atoms with Crippen LogP contribution in [0.25, 0.3) is 0 Å². The molecule has 6 heteroatoms. The minimum Gasteiger partial charge on any atom is -0.497 e. The second-order valence-corrected chi connectivity index (χ2v) is 7.39. The smallest absolute Gasteiger partial charge is 0.161 e. The first kappa shape index (κ1) is 19.8. The lowest BCUT2D eigenvalue weighted by atomic mass is 10.0. The summed E-state index contributed by atoms with van der Waals surface area (Å²) in [5.74, 6) is 3.22. The minimum atomic E-state index is 0.287. The minimum absolute atomic E-state index is 0.287. The molecule has 0 spiro atoms. The van der Waals surface area contributed by atoms with E-state index in [-0.39, 0.29) is 6.04 Å². The maximum atomic E-state index is 5.62. The fraction of sp³-hybridized carbons (Fsp3) is 0.429. The number of benzene rings is 2. The molecular weight excluding hydrogens is 410 g/mol. The third-order valence-corrected chi connectivity index (χ3v) is 5.82. The highest BCUT2D eigenvalue weighted by molar-refractivity contribution is 9.10. The van der Waals surface area contributed by atoms with Gasteiger partial charge < -0.3 is 18.9 Å². The van der Waals surface area contributed by atoms with E-state index in [1.165, 1.54) is 11.1 Å². The first-order valence-corrected chi connectivity index (χ1v) is 9.77. The Morgan fingerprint density at radius 2 is 1.63 bits per heavy atom. The molecule has 1 saturated heterocycles. The van der Waals surface area contributed by atoms with Crippen LogP contribution in [0.1, 0.15) is 30.0 Å². The van der Waals surface area contributed by atoms with Crippen molar-refractivity contribution in [1.29, 1.82) is 0 Å². The third-order valence-electron chi connectivity index (χ3n) is 5.09. The molecule has 0 bridgehead atoms. The average Bonchev–Trinajstić information content (AvgIpc) is 3.16. The van der Waals surface area contributed by atoms with Crippen molar-refractivity contribution in [3.63, 3.8) is 0 Å². The van der Waals surface area contributed by atoms with Gasteiger partial charge in [0.25, 0.3) is 0 Å². The first-order valence-electron chi connectivity index (χ1n) is 8.97. The molecule has 0 saturated carbocycles. The van der Waals surface area contributed by atoms with Crippen LogP contribution >= 0.6 is 15.9 Å². The number of hydrogen-bond acceptors (Lipinski definition) is 5. The molecule has 1 atom stereocenters. The number of nitrogens with zero attached hydrogens (tertiary/aromatic N) is 1. The van der Waals surface area contributed by atoms with Gasteiger partial charge in [-0.15, -0.1) is 0 Å². The van der Waals surface area contributed by atoms with E-state index in [2.05, 4.69) is 26.9 Å². The Labute approximate surface area is 169 Å². The van der Waals surface area contributed by atoms with E-state index < -0.39 is 0 Å². The molecule has 2 aromatic rings. The van der Waals surface area contributed by atoms with Gasteiger partial charge in [-0.2, -0.15) is 0 Å². The molecular formula is C21H26BrNO4. The summed E-state index contributed by atoms with van der Waals surface area (Å²) in [5, 5.41) is 0. The van der Waals surface area contributed by atoms with E-state index in [4.69, 9.17) is 18.9 Å². The van der Waals surface area contributed by atoms with Crippen LogP contribution in [0.15, 0.2) is 34.8 Å². The summed E-state index contributed by atoms with van der Waals surface area (Å²) in [6.07, 6.45) is 2.24. The van der Waals surface area contributed by atoms with Crippen LogP contribution in [-0.4, -0.2) is 39.9 Å². The zero-order valence-electron chi connectivity index (χ0n) is 16.3. The average molecular weight is 436 g/mol. The molecule has 1 aliphatic heterocycles. The standard InChI is InChI=1S/C21H26BrNO4/c1-24-15-7-8-19(25-2)16(11-15)18-6-5-9-23(18)13-14-10-20(26-3)21(27-4)12-17(14)22/h7-8,10-12,18H,5-6,9,13H2,1-4H3. The molecule has 0 N–H and O–H groups in total. The van der Waals surface area contributed by atoms with Gasteiger partial charge in [0.05, 0.1) is 28.4 Å². The van der Waals surface area contributed by atoms with Crippen molar-refractivity contribution < 1.29 is 18.9 Å². The Hall–Kier alpha value is -1.92. The fourth-order valence-electron chi connectivity index (χ4n) is 3.70. The van der Waals surface area contributed by atoms with Crippen molar-refractivity contribution >= 4 is 15.9 Å². The van der Waals surface area contributed by atoms with Gasteiger partial charge in [0.2, 0.25) is 0 Å². The monoisotopic (exact) mass is 435 g/mol. The largest absolute Gasteiger partial charge is 0.497 e. The van der Waals surface area contributed by atoms with Crippen LogP contribution in [0.3, 0.4) is 0 Å². The zero-order valence-corrected chi connectivity index (χ0v) is 17.8. The lowest BCUT2D eigenvalue weighted by molar-refractivity contribution is 0.241. The van der Waals surface area contributed by atoms with E-state index >= 15 is 0 Å². The summed E-state index contributed by atoms with van der Waals surface area (Å²) in [4.78, 5) is 2.48. The van der Waals surface area contributed by atoms with Crippen molar-refractivity contribution in [3.8, 4) is 23.0 Å². The summed E-state index contributed by atoms with van der Waals surface area (Å²) in [6, 6.07) is 10.3. The summed E-state index contributed by atoms with van der Waals surface area (Å²) >= 11 is 3.68. The number of methoxy groups -OCH3 is 4. The third kappa shape index (κ3) is 4.17. The normalized spacial score (nSPS) is 17.0. The van der Waals surface area contributed by atoms with E-state index in [1.54, 1.807) is 28.4 Å². The van der Waals surface area contributed by atoms with Gasteiger partial charge in [0.15, 0.2) is 11.5 Å². The topological polar surface area (TPSA) is 40.2 Å². The molecule has 1 unspecified atom stereocenters. The summed E-state index contributed by atoms with van der Waals surface area (Å²) in [6.45, 7) is 1.85. The Kier molecular flexibility index (Phi) is 6.50. The second kappa shape index (κ2) is 8.85. The second-order valence-electron chi connectivity index (χ2n) is 6.53. The molecule has 2 aromatic carbocycles. The molecule has 3 rings (SSSR count). The van der Waals surface area contributed by atoms with Crippen molar-refractivity contribution in [1.82, 2.24) is 4.90 Å². The van der Waals surface area contributed by atoms with Crippen LogP contribution < -0.4 is 18.9 Å². The Morgan fingerprint density at radius 1 is 0.926 bits per heavy atom. The van der Waals surface area contributed by atoms with Gasteiger partial charge in [-0.3, -0.25) is 4.90 Å². The van der Waals surface area contributed by atoms with Gasteiger partial charge in [0, 0.05) is 22.6 Å². The lowest BCUT2D eigenvalue weighted by Crippen LogP contribution is -2.23. The lowest BCUT2D eigenvalue weighted by Gasteiger charge is -2.27. The predicted molar refractivity (Wildman–Crippen MR) is 109 cm³/mol. The number of halogens is 1. The summed E-state index contributed by atoms with van der Waals surface area (Å²) in [7, 11) is 6.72. The van der Waals surface area contributed by atoms with Crippen molar-refractivity contribution in [2.45, 2.75) is 25.4 Å². The predicted octanol–water partition coefficient (Wildman–Crippen LogP) is 4.82. The zero-order chi connectivity index (χ0) is 19.4. The molecule has 0 radical (unpaired) electrons. The Morgan fingerprint density at radius 3 is 2.30 bits per heavy atom. The molecule has 1 aliphatic rings. The van der Waals surface area contributed by atoms with E-state index in [1.807, 2.05) is 24.3 Å². The van der Waals surface area contributed by atoms with Crippen molar-refractivity contribution in [2.75, 3.05) is 35.0 Å².